The Morgan fingerprint density at radius 3 is 2.80 bits per heavy atom. The maximum absolute atomic E-state index is 11.6. The van der Waals surface area contributed by atoms with Gasteiger partial charge in [-0.25, -0.2) is 0 Å². The van der Waals surface area contributed by atoms with Gasteiger partial charge in [0.15, 0.2) is 0 Å². The van der Waals surface area contributed by atoms with Crippen molar-refractivity contribution in [3.05, 3.63) is 0 Å². The molecule has 1 rings (SSSR count). The fraction of sp³-hybridized carbons (Fsp3) is 0.778. The van der Waals surface area contributed by atoms with Crippen molar-refractivity contribution in [2.24, 2.45) is 5.73 Å². The van der Waals surface area contributed by atoms with Crippen molar-refractivity contribution in [2.75, 3.05) is 19.6 Å². The molecular formula is C9H17N3O3. The van der Waals surface area contributed by atoms with E-state index < -0.39 is 18.1 Å². The number of hydrogen-bond donors (Lipinski definition) is 3. The van der Waals surface area contributed by atoms with E-state index in [2.05, 4.69) is 5.32 Å². The minimum absolute atomic E-state index is 0.174. The predicted octanol–water partition coefficient (Wildman–Crippen LogP) is -1.96. The summed E-state index contributed by atoms with van der Waals surface area (Å²) < 4.78 is 0. The number of likely N-dealkylation sites (tertiary alicyclic amines) is 1. The molecule has 0 aromatic heterocycles. The van der Waals surface area contributed by atoms with E-state index in [1.807, 2.05) is 6.92 Å². The van der Waals surface area contributed by atoms with Crippen LogP contribution in [0.3, 0.4) is 0 Å². The number of nitrogens with one attached hydrogen (secondary N) is 1. The Labute approximate surface area is 88.4 Å². The van der Waals surface area contributed by atoms with Crippen LogP contribution >= 0.6 is 0 Å². The molecule has 2 amide bonds. The van der Waals surface area contributed by atoms with Crippen molar-refractivity contribution < 1.29 is 14.7 Å². The number of likely N-dealkylation sites (N-methyl/N-ethyl adjacent to an activating group) is 1. The smallest absolute Gasteiger partial charge is 0.240 e. The molecule has 1 heterocycles. The fourth-order valence-corrected chi connectivity index (χ4v) is 1.69. The lowest BCUT2D eigenvalue weighted by Gasteiger charge is -2.21. The van der Waals surface area contributed by atoms with E-state index >= 15 is 0 Å². The highest BCUT2D eigenvalue weighted by molar-refractivity contribution is 5.88. The maximum Gasteiger partial charge on any atom is 0.240 e. The summed E-state index contributed by atoms with van der Waals surface area (Å²) in [7, 11) is 0. The number of β-amino-alcohol motifs (C(OH)–C–C–N with tert-alkyl or cyclic N) is 1. The average molecular weight is 215 g/mol. The lowest BCUT2D eigenvalue weighted by Crippen LogP contribution is -2.46. The number of rotatable bonds is 4. The topological polar surface area (TPSA) is 95.7 Å². The number of carbonyl (C=O) groups excluding carboxylic acids is 2. The minimum Gasteiger partial charge on any atom is -0.391 e. The highest BCUT2D eigenvalue weighted by Crippen LogP contribution is 2.17. The number of amides is 2. The molecular weight excluding hydrogens is 198 g/mol. The van der Waals surface area contributed by atoms with E-state index in [1.165, 1.54) is 4.90 Å². The molecule has 86 valence electrons. The van der Waals surface area contributed by atoms with Crippen LogP contribution < -0.4 is 11.1 Å². The number of nitrogens with zero attached hydrogens (tertiary/aromatic N) is 1. The van der Waals surface area contributed by atoms with Crippen molar-refractivity contribution >= 4 is 11.8 Å². The van der Waals surface area contributed by atoms with Crippen molar-refractivity contribution in [2.45, 2.75) is 25.5 Å². The van der Waals surface area contributed by atoms with Gasteiger partial charge < -0.3 is 21.1 Å². The van der Waals surface area contributed by atoms with E-state index in [-0.39, 0.29) is 25.4 Å². The van der Waals surface area contributed by atoms with Crippen LogP contribution in [-0.4, -0.2) is 53.6 Å². The van der Waals surface area contributed by atoms with Crippen LogP contribution in [0.5, 0.6) is 0 Å². The van der Waals surface area contributed by atoms with E-state index in [0.29, 0.717) is 6.54 Å². The molecule has 0 radical (unpaired) electrons. The first kappa shape index (κ1) is 11.9. The van der Waals surface area contributed by atoms with E-state index in [0.717, 1.165) is 0 Å². The van der Waals surface area contributed by atoms with Gasteiger partial charge in [-0.3, -0.25) is 9.59 Å². The summed E-state index contributed by atoms with van der Waals surface area (Å²) in [4.78, 5) is 24.0. The van der Waals surface area contributed by atoms with Gasteiger partial charge >= 0.3 is 0 Å². The lowest BCUT2D eigenvalue weighted by molar-refractivity contribution is -0.136. The SMILES string of the molecule is CCNCC(=O)N1CC(O)CC1C(N)=O. The molecule has 4 N–H and O–H groups in total. The Balaban J connectivity index is 2.58. The van der Waals surface area contributed by atoms with Crippen LogP contribution in [0.2, 0.25) is 0 Å². The number of aliphatic hydroxyl groups excluding tert-OH is 1. The molecule has 0 aliphatic carbocycles. The van der Waals surface area contributed by atoms with E-state index in [1.54, 1.807) is 0 Å². The summed E-state index contributed by atoms with van der Waals surface area (Å²) in [6, 6.07) is -0.661. The first-order chi connectivity index (χ1) is 7.06. The molecule has 6 nitrogen and oxygen atoms in total. The molecule has 6 heteroatoms. The zero-order chi connectivity index (χ0) is 11.4. The zero-order valence-corrected chi connectivity index (χ0v) is 8.77. The monoisotopic (exact) mass is 215 g/mol. The molecule has 0 aromatic carbocycles. The van der Waals surface area contributed by atoms with Crippen LogP contribution in [0, 0.1) is 0 Å². The predicted molar refractivity (Wildman–Crippen MR) is 53.9 cm³/mol. The zero-order valence-electron chi connectivity index (χ0n) is 8.77. The highest BCUT2D eigenvalue weighted by Gasteiger charge is 2.37. The van der Waals surface area contributed by atoms with Gasteiger partial charge in [0.2, 0.25) is 11.8 Å². The Morgan fingerprint density at radius 2 is 2.27 bits per heavy atom. The number of hydrogen-bond acceptors (Lipinski definition) is 4. The standard InChI is InChI=1S/C9H17N3O3/c1-2-11-4-8(14)12-5-6(13)3-7(12)9(10)15/h6-7,11,13H,2-5H2,1H3,(H2,10,15). The second-order valence-electron chi connectivity index (χ2n) is 3.63. The van der Waals surface area contributed by atoms with Crippen LogP contribution in [0.1, 0.15) is 13.3 Å². The summed E-state index contributed by atoms with van der Waals surface area (Å²) >= 11 is 0. The summed E-state index contributed by atoms with van der Waals surface area (Å²) in [5.41, 5.74) is 5.15. The van der Waals surface area contributed by atoms with Gasteiger partial charge in [0.05, 0.1) is 12.6 Å². The Hall–Kier alpha value is -1.14. The van der Waals surface area contributed by atoms with E-state index in [4.69, 9.17) is 5.73 Å². The third-order valence-electron chi connectivity index (χ3n) is 2.45. The van der Waals surface area contributed by atoms with Crippen LogP contribution in [-0.2, 0) is 9.59 Å². The van der Waals surface area contributed by atoms with Crippen LogP contribution in [0.15, 0.2) is 0 Å². The molecule has 0 aromatic rings. The van der Waals surface area contributed by atoms with Gasteiger partial charge in [0.25, 0.3) is 0 Å². The summed E-state index contributed by atoms with van der Waals surface area (Å²) in [6.07, 6.45) is -0.402. The molecule has 15 heavy (non-hydrogen) atoms. The third-order valence-corrected chi connectivity index (χ3v) is 2.45. The summed E-state index contributed by atoms with van der Waals surface area (Å²) in [5.74, 6) is -0.756. The number of nitrogens with two attached hydrogens (primary N) is 1. The van der Waals surface area contributed by atoms with Gasteiger partial charge in [-0.1, -0.05) is 6.92 Å². The first-order valence-corrected chi connectivity index (χ1v) is 5.03. The largest absolute Gasteiger partial charge is 0.391 e. The van der Waals surface area contributed by atoms with Crippen molar-refractivity contribution in [3.63, 3.8) is 0 Å². The second kappa shape index (κ2) is 5.09. The number of aliphatic hydroxyl groups is 1. The lowest BCUT2D eigenvalue weighted by atomic mass is 10.2. The number of carbonyl (C=O) groups is 2. The van der Waals surface area contributed by atoms with Crippen molar-refractivity contribution in [1.29, 1.82) is 0 Å². The van der Waals surface area contributed by atoms with Crippen LogP contribution in [0.25, 0.3) is 0 Å². The Morgan fingerprint density at radius 1 is 1.60 bits per heavy atom. The highest BCUT2D eigenvalue weighted by atomic mass is 16.3. The molecule has 1 saturated heterocycles. The molecule has 2 atom stereocenters. The van der Waals surface area contributed by atoms with Gasteiger partial charge in [-0.2, -0.15) is 0 Å². The molecule has 1 aliphatic heterocycles. The third kappa shape index (κ3) is 2.90. The molecule has 0 saturated carbocycles. The fourth-order valence-electron chi connectivity index (χ4n) is 1.69. The Bertz CT molecular complexity index is 257. The second-order valence-corrected chi connectivity index (χ2v) is 3.63. The quantitative estimate of drug-likeness (QED) is 0.507. The molecule has 1 aliphatic rings. The molecule has 2 unspecified atom stereocenters. The van der Waals surface area contributed by atoms with Gasteiger partial charge in [-0.15, -0.1) is 0 Å². The minimum atomic E-state index is -0.661. The number of primary amides is 1. The van der Waals surface area contributed by atoms with Crippen LogP contribution in [0.4, 0.5) is 0 Å². The summed E-state index contributed by atoms with van der Waals surface area (Å²) in [6.45, 7) is 2.94. The first-order valence-electron chi connectivity index (χ1n) is 5.03. The maximum atomic E-state index is 11.6. The molecule has 1 fully saturated rings. The molecule has 0 spiro atoms. The van der Waals surface area contributed by atoms with Gasteiger partial charge in [0, 0.05) is 13.0 Å². The summed E-state index contributed by atoms with van der Waals surface area (Å²) in [5, 5.41) is 12.2. The van der Waals surface area contributed by atoms with Crippen molar-refractivity contribution in [1.82, 2.24) is 10.2 Å². The normalized spacial score (nSPS) is 25.6. The van der Waals surface area contributed by atoms with Gasteiger partial charge in [0.1, 0.15) is 6.04 Å². The Kier molecular flexibility index (Phi) is 4.05. The molecule has 0 bridgehead atoms. The van der Waals surface area contributed by atoms with Gasteiger partial charge in [-0.05, 0) is 6.54 Å². The average Bonchev–Trinajstić information content (AvgIpc) is 2.57. The van der Waals surface area contributed by atoms with E-state index in [9.17, 15) is 14.7 Å². The van der Waals surface area contributed by atoms with Crippen molar-refractivity contribution in [3.8, 4) is 0 Å².